The van der Waals surface area contributed by atoms with Crippen molar-refractivity contribution in [1.29, 1.82) is 0 Å². The van der Waals surface area contributed by atoms with E-state index in [0.29, 0.717) is 12.1 Å². The van der Waals surface area contributed by atoms with Gasteiger partial charge in [-0.2, -0.15) is 0 Å². The number of hydrogen-bond donors (Lipinski definition) is 0. The summed E-state index contributed by atoms with van der Waals surface area (Å²) >= 11 is 0. The first kappa shape index (κ1) is 16.2. The number of hydrogen-bond acceptors (Lipinski definition) is 4. The van der Waals surface area contributed by atoms with Crippen LogP contribution in [-0.4, -0.2) is 74.5 Å². The predicted molar refractivity (Wildman–Crippen MR) is 82.2 cm³/mol. The van der Waals surface area contributed by atoms with E-state index in [1.54, 1.807) is 0 Å². The summed E-state index contributed by atoms with van der Waals surface area (Å²) in [4.78, 5) is 5.06. The molecule has 2 rings (SSSR count). The maximum Gasteiger partial charge on any atom is 0.0809 e. The van der Waals surface area contributed by atoms with Crippen molar-refractivity contribution in [3.63, 3.8) is 0 Å². The molecule has 0 amide bonds. The molecule has 0 aliphatic carbocycles. The van der Waals surface area contributed by atoms with Crippen LogP contribution in [0.3, 0.4) is 0 Å². The summed E-state index contributed by atoms with van der Waals surface area (Å²) < 4.78 is 11.3. The third-order valence-electron chi connectivity index (χ3n) is 4.77. The van der Waals surface area contributed by atoms with Gasteiger partial charge in [-0.3, -0.25) is 0 Å². The van der Waals surface area contributed by atoms with E-state index in [1.807, 2.05) is 0 Å². The second-order valence-electron chi connectivity index (χ2n) is 6.55. The van der Waals surface area contributed by atoms with Crippen LogP contribution >= 0.6 is 0 Å². The van der Waals surface area contributed by atoms with Gasteiger partial charge in [0.05, 0.1) is 19.3 Å². The van der Waals surface area contributed by atoms with E-state index in [0.717, 1.165) is 32.4 Å². The molecule has 20 heavy (non-hydrogen) atoms. The molecule has 2 fully saturated rings. The van der Waals surface area contributed by atoms with E-state index >= 15 is 0 Å². The van der Waals surface area contributed by atoms with Crippen molar-refractivity contribution >= 4 is 0 Å². The number of ether oxygens (including phenoxy) is 2. The average Bonchev–Trinajstić information content (AvgIpc) is 2.96. The summed E-state index contributed by atoms with van der Waals surface area (Å²) in [5.41, 5.74) is 0. The zero-order valence-electron chi connectivity index (χ0n) is 13.5. The molecule has 0 radical (unpaired) electrons. The minimum Gasteiger partial charge on any atom is -0.377 e. The molecule has 0 bridgehead atoms. The molecular weight excluding hydrogens is 252 g/mol. The van der Waals surface area contributed by atoms with Gasteiger partial charge in [-0.05, 0) is 59.7 Å². The largest absolute Gasteiger partial charge is 0.377 e. The lowest BCUT2D eigenvalue weighted by atomic mass is 10.0. The number of piperidine rings is 1. The van der Waals surface area contributed by atoms with E-state index in [9.17, 15) is 0 Å². The van der Waals surface area contributed by atoms with Crippen LogP contribution in [-0.2, 0) is 9.47 Å². The summed E-state index contributed by atoms with van der Waals surface area (Å²) in [6, 6.07) is 1.42. The van der Waals surface area contributed by atoms with Gasteiger partial charge in [0.2, 0.25) is 0 Å². The molecule has 118 valence electrons. The smallest absolute Gasteiger partial charge is 0.0809 e. The topological polar surface area (TPSA) is 24.9 Å². The van der Waals surface area contributed by atoms with Crippen molar-refractivity contribution in [1.82, 2.24) is 9.80 Å². The normalized spacial score (nSPS) is 25.9. The standard InChI is InChI=1S/C16H32N2O2/c1-14(2)18-8-6-15(7-9-18)17(3)10-12-19-13-16-5-4-11-20-16/h14-16H,4-13H2,1-3H3/t16-/m1/s1. The third-order valence-corrected chi connectivity index (χ3v) is 4.77. The minimum absolute atomic E-state index is 0.356. The van der Waals surface area contributed by atoms with E-state index in [2.05, 4.69) is 30.7 Å². The molecule has 4 nitrogen and oxygen atoms in total. The fourth-order valence-corrected chi connectivity index (χ4v) is 3.22. The third kappa shape index (κ3) is 4.99. The Morgan fingerprint density at radius 1 is 1.25 bits per heavy atom. The van der Waals surface area contributed by atoms with Crippen LogP contribution in [0.25, 0.3) is 0 Å². The Hall–Kier alpha value is -0.160. The monoisotopic (exact) mass is 284 g/mol. The highest BCUT2D eigenvalue weighted by atomic mass is 16.5. The lowest BCUT2D eigenvalue weighted by Gasteiger charge is -2.38. The molecule has 1 atom stereocenters. The second-order valence-corrected chi connectivity index (χ2v) is 6.55. The zero-order chi connectivity index (χ0) is 14.4. The Morgan fingerprint density at radius 2 is 2.00 bits per heavy atom. The van der Waals surface area contributed by atoms with Gasteiger partial charge in [-0.1, -0.05) is 0 Å². The van der Waals surface area contributed by atoms with Gasteiger partial charge in [0, 0.05) is 25.2 Å². The van der Waals surface area contributed by atoms with E-state index < -0.39 is 0 Å². The van der Waals surface area contributed by atoms with Crippen molar-refractivity contribution in [2.24, 2.45) is 0 Å². The average molecular weight is 284 g/mol. The Labute approximate surface area is 124 Å². The molecule has 0 N–H and O–H groups in total. The van der Waals surface area contributed by atoms with Crippen LogP contribution < -0.4 is 0 Å². The van der Waals surface area contributed by atoms with Gasteiger partial charge in [-0.25, -0.2) is 0 Å². The molecule has 2 aliphatic rings. The van der Waals surface area contributed by atoms with Gasteiger partial charge in [0.25, 0.3) is 0 Å². The van der Waals surface area contributed by atoms with E-state index in [-0.39, 0.29) is 0 Å². The van der Waals surface area contributed by atoms with Gasteiger partial charge in [0.1, 0.15) is 0 Å². The number of rotatable bonds is 7. The van der Waals surface area contributed by atoms with Crippen LogP contribution in [0.4, 0.5) is 0 Å². The molecule has 0 aromatic heterocycles. The highest BCUT2D eigenvalue weighted by molar-refractivity contribution is 4.79. The molecule has 0 unspecified atom stereocenters. The van der Waals surface area contributed by atoms with Gasteiger partial charge in [-0.15, -0.1) is 0 Å². The Kier molecular flexibility index (Phi) is 6.75. The van der Waals surface area contributed by atoms with Crippen LogP contribution in [0, 0.1) is 0 Å². The summed E-state index contributed by atoms with van der Waals surface area (Å²) in [6.07, 6.45) is 5.31. The first-order valence-electron chi connectivity index (χ1n) is 8.30. The first-order chi connectivity index (χ1) is 9.66. The number of likely N-dealkylation sites (tertiary alicyclic amines) is 1. The lowest BCUT2D eigenvalue weighted by Crippen LogP contribution is -2.46. The fourth-order valence-electron chi connectivity index (χ4n) is 3.22. The van der Waals surface area contributed by atoms with Crippen molar-refractivity contribution in [3.05, 3.63) is 0 Å². The summed E-state index contributed by atoms with van der Waals surface area (Å²) in [6.45, 7) is 10.6. The highest BCUT2D eigenvalue weighted by Gasteiger charge is 2.23. The zero-order valence-corrected chi connectivity index (χ0v) is 13.5. The minimum atomic E-state index is 0.356. The molecule has 2 heterocycles. The van der Waals surface area contributed by atoms with Gasteiger partial charge < -0.3 is 19.3 Å². The molecule has 4 heteroatoms. The summed E-state index contributed by atoms with van der Waals surface area (Å²) in [5.74, 6) is 0. The summed E-state index contributed by atoms with van der Waals surface area (Å²) in [7, 11) is 2.24. The lowest BCUT2D eigenvalue weighted by molar-refractivity contribution is 0.00611. The number of likely N-dealkylation sites (N-methyl/N-ethyl adjacent to an activating group) is 1. The maximum atomic E-state index is 5.76. The molecule has 0 aromatic carbocycles. The maximum absolute atomic E-state index is 5.76. The molecule has 2 saturated heterocycles. The van der Waals surface area contributed by atoms with Crippen molar-refractivity contribution in [2.75, 3.05) is 46.5 Å². The van der Waals surface area contributed by atoms with Crippen LogP contribution in [0.15, 0.2) is 0 Å². The molecule has 2 aliphatic heterocycles. The van der Waals surface area contributed by atoms with Crippen molar-refractivity contribution < 1.29 is 9.47 Å². The summed E-state index contributed by atoms with van der Waals surface area (Å²) in [5, 5.41) is 0. The van der Waals surface area contributed by atoms with Gasteiger partial charge in [0.15, 0.2) is 0 Å². The van der Waals surface area contributed by atoms with Crippen LogP contribution in [0.5, 0.6) is 0 Å². The van der Waals surface area contributed by atoms with Crippen molar-refractivity contribution in [2.45, 2.75) is 57.7 Å². The second kappa shape index (κ2) is 8.32. The Balaban J connectivity index is 1.54. The molecule has 0 spiro atoms. The van der Waals surface area contributed by atoms with Crippen molar-refractivity contribution in [3.8, 4) is 0 Å². The van der Waals surface area contributed by atoms with Crippen LogP contribution in [0.2, 0.25) is 0 Å². The number of nitrogens with zero attached hydrogens (tertiary/aromatic N) is 2. The quantitative estimate of drug-likeness (QED) is 0.668. The Morgan fingerprint density at radius 3 is 2.60 bits per heavy atom. The van der Waals surface area contributed by atoms with Crippen LogP contribution in [0.1, 0.15) is 39.5 Å². The predicted octanol–water partition coefficient (Wildman–Crippen LogP) is 1.99. The molecule has 0 aromatic rings. The van der Waals surface area contributed by atoms with E-state index in [1.165, 1.54) is 38.8 Å². The van der Waals surface area contributed by atoms with Gasteiger partial charge >= 0.3 is 0 Å². The highest BCUT2D eigenvalue weighted by Crippen LogP contribution is 2.17. The molecule has 0 saturated carbocycles. The molecular formula is C16H32N2O2. The SMILES string of the molecule is CC(C)N1CCC(N(C)CCOC[C@H]2CCCO2)CC1. The fraction of sp³-hybridized carbons (Fsp3) is 1.00. The van der Waals surface area contributed by atoms with E-state index in [4.69, 9.17) is 9.47 Å². The Bertz CT molecular complexity index is 259. The first-order valence-corrected chi connectivity index (χ1v) is 8.30.